The zero-order chi connectivity index (χ0) is 32.1. The van der Waals surface area contributed by atoms with Crippen molar-refractivity contribution < 1.29 is 18.3 Å². The third-order valence-electron chi connectivity index (χ3n) is 13.7. The number of urea groups is 1. The summed E-state index contributed by atoms with van der Waals surface area (Å²) >= 11 is 0. The van der Waals surface area contributed by atoms with Crippen LogP contribution in [0.4, 0.5) is 4.79 Å². The fourth-order valence-corrected chi connectivity index (χ4v) is 12.0. The maximum Gasteiger partial charge on any atom is 0.328 e. The quantitative estimate of drug-likeness (QED) is 0.246. The minimum Gasteiger partial charge on any atom is -0.393 e. The number of aliphatic hydroxyl groups is 1. The van der Waals surface area contributed by atoms with Crippen molar-refractivity contribution in [3.05, 3.63) is 29.8 Å². The van der Waals surface area contributed by atoms with Gasteiger partial charge in [-0.3, -0.25) is 0 Å². The van der Waals surface area contributed by atoms with E-state index in [-0.39, 0.29) is 21.8 Å². The van der Waals surface area contributed by atoms with Crippen LogP contribution in [-0.2, 0) is 15.4 Å². The zero-order valence-electron chi connectivity index (χ0n) is 28.1. The van der Waals surface area contributed by atoms with Crippen LogP contribution in [-0.4, -0.2) is 38.7 Å². The Labute approximate surface area is 267 Å². The lowest BCUT2D eigenvalue weighted by molar-refractivity contribution is -0.194. The highest BCUT2D eigenvalue weighted by Crippen LogP contribution is 2.69. The van der Waals surface area contributed by atoms with E-state index in [1.54, 1.807) is 12.1 Å². The number of nitrogens with one attached hydrogen (secondary N) is 2. The third kappa shape index (κ3) is 5.85. The molecule has 1 aromatic rings. The van der Waals surface area contributed by atoms with Crippen molar-refractivity contribution in [1.29, 1.82) is 0 Å². The number of carbonyl (C=O) groups is 1. The Kier molecular flexibility index (Phi) is 9.59. The highest BCUT2D eigenvalue weighted by atomic mass is 32.2. The summed E-state index contributed by atoms with van der Waals surface area (Å²) in [5.41, 5.74) is 7.11. The molecule has 0 heterocycles. The van der Waals surface area contributed by atoms with Crippen LogP contribution in [0.2, 0.25) is 0 Å². The molecule has 4 aliphatic rings. The Morgan fingerprint density at radius 1 is 1.02 bits per heavy atom. The maximum atomic E-state index is 12.9. The summed E-state index contributed by atoms with van der Waals surface area (Å²) in [6.45, 7) is 14.6. The SMILES string of the molecule is CC[C@H]1[C@@H](O)[C@@H]2[C@H](CC[C@]3(C)C([C@H](C)CCNC(=O)NS(=O)(=O)c4ccc(C(C)(C)CN)cc4)CC[C@@H]23)[C@@]2(C)CCCC[C@@H]12. The number of nitrogens with two attached hydrogens (primary N) is 1. The molecule has 1 unspecified atom stereocenters. The van der Waals surface area contributed by atoms with Gasteiger partial charge in [-0.15, -0.1) is 0 Å². The second-order valence-corrected chi connectivity index (χ2v) is 17.9. The molecule has 5 rings (SSSR count). The van der Waals surface area contributed by atoms with Gasteiger partial charge in [0.05, 0.1) is 11.0 Å². The van der Waals surface area contributed by atoms with E-state index in [2.05, 4.69) is 37.7 Å². The summed E-state index contributed by atoms with van der Waals surface area (Å²) in [4.78, 5) is 12.7. The number of aliphatic hydroxyl groups excluding tert-OH is 1. The van der Waals surface area contributed by atoms with Crippen molar-refractivity contribution in [2.45, 2.75) is 122 Å². The molecular formula is C36H59N3O4S. The molecule has 0 bridgehead atoms. The smallest absolute Gasteiger partial charge is 0.328 e. The van der Waals surface area contributed by atoms with Crippen LogP contribution in [0.25, 0.3) is 0 Å². The van der Waals surface area contributed by atoms with Crippen molar-refractivity contribution in [1.82, 2.24) is 10.0 Å². The van der Waals surface area contributed by atoms with Gasteiger partial charge in [0, 0.05) is 18.5 Å². The average molecular weight is 630 g/mol. The molecule has 0 radical (unpaired) electrons. The number of amides is 2. The van der Waals surface area contributed by atoms with Crippen LogP contribution >= 0.6 is 0 Å². The lowest BCUT2D eigenvalue weighted by Gasteiger charge is -2.64. The fourth-order valence-electron chi connectivity index (χ4n) is 11.0. The first-order valence-corrected chi connectivity index (χ1v) is 19.0. The van der Waals surface area contributed by atoms with Crippen molar-refractivity contribution in [2.24, 2.45) is 58.0 Å². The molecule has 0 aliphatic heterocycles. The minimum absolute atomic E-state index is 0.0572. The molecule has 8 heteroatoms. The van der Waals surface area contributed by atoms with E-state index in [4.69, 9.17) is 5.73 Å². The number of benzene rings is 1. The third-order valence-corrected chi connectivity index (χ3v) is 15.0. The zero-order valence-corrected chi connectivity index (χ0v) is 28.9. The summed E-state index contributed by atoms with van der Waals surface area (Å²) < 4.78 is 27.9. The molecule has 0 saturated heterocycles. The summed E-state index contributed by atoms with van der Waals surface area (Å²) in [5, 5.41) is 14.7. The van der Waals surface area contributed by atoms with E-state index in [1.165, 1.54) is 63.5 Å². The van der Waals surface area contributed by atoms with Crippen LogP contribution in [0.1, 0.15) is 111 Å². The maximum absolute atomic E-state index is 12.9. The summed E-state index contributed by atoms with van der Waals surface area (Å²) in [7, 11) is -3.97. The molecule has 10 atom stereocenters. The normalized spacial score (nSPS) is 37.8. The molecule has 4 aliphatic carbocycles. The molecule has 4 fully saturated rings. The minimum atomic E-state index is -3.97. The Morgan fingerprint density at radius 3 is 2.36 bits per heavy atom. The molecule has 0 spiro atoms. The Hall–Kier alpha value is -1.64. The van der Waals surface area contributed by atoms with Gasteiger partial charge in [0.2, 0.25) is 0 Å². The second kappa shape index (κ2) is 12.5. The van der Waals surface area contributed by atoms with Crippen LogP contribution in [0, 0.1) is 52.3 Å². The van der Waals surface area contributed by atoms with Gasteiger partial charge in [0.1, 0.15) is 0 Å². The van der Waals surface area contributed by atoms with Gasteiger partial charge in [-0.1, -0.05) is 72.9 Å². The Balaban J connectivity index is 1.18. The lowest BCUT2D eigenvalue weighted by Crippen LogP contribution is -2.61. The van der Waals surface area contributed by atoms with E-state index >= 15 is 0 Å². The first-order chi connectivity index (χ1) is 20.7. The van der Waals surface area contributed by atoms with Crippen LogP contribution in [0.5, 0.6) is 0 Å². The monoisotopic (exact) mass is 629 g/mol. The molecule has 1 aromatic carbocycles. The van der Waals surface area contributed by atoms with E-state index < -0.39 is 16.1 Å². The molecular weight excluding hydrogens is 570 g/mol. The van der Waals surface area contributed by atoms with E-state index in [0.717, 1.165) is 18.4 Å². The standard InChI is InChI=1S/C36H59N3O4S/c1-7-26-28-10-8-9-19-35(28,5)30-17-20-36(6)27(15-16-29(36)31(30)32(26)40)23(2)18-21-38-33(41)39-44(42,43)25-13-11-24(12-14-25)34(3,4)22-37/h11-14,23,26-32,40H,7-10,15-22,37H2,1-6H3,(H2,38,39,41)/t23-,26-,27?,28+,29+,30+,31+,32-,35+,36-/m1/s1. The van der Waals surface area contributed by atoms with E-state index in [1.807, 2.05) is 13.8 Å². The number of fused-ring (bicyclic) bond motifs is 5. The van der Waals surface area contributed by atoms with E-state index in [9.17, 15) is 18.3 Å². The van der Waals surface area contributed by atoms with Crippen molar-refractivity contribution in [3.8, 4) is 0 Å². The van der Waals surface area contributed by atoms with Gasteiger partial charge in [-0.2, -0.15) is 0 Å². The fraction of sp³-hybridized carbons (Fsp3) is 0.806. The number of hydrogen-bond donors (Lipinski definition) is 4. The number of hydrogen-bond acceptors (Lipinski definition) is 5. The first kappa shape index (κ1) is 33.7. The molecule has 44 heavy (non-hydrogen) atoms. The first-order valence-electron chi connectivity index (χ1n) is 17.5. The second-order valence-electron chi connectivity index (χ2n) is 16.2. The van der Waals surface area contributed by atoms with Gasteiger partial charge in [0.25, 0.3) is 10.0 Å². The lowest BCUT2D eigenvalue weighted by atomic mass is 9.41. The van der Waals surface area contributed by atoms with Gasteiger partial charge < -0.3 is 16.2 Å². The predicted molar refractivity (Wildman–Crippen MR) is 176 cm³/mol. The van der Waals surface area contributed by atoms with Crippen molar-refractivity contribution in [2.75, 3.05) is 13.1 Å². The van der Waals surface area contributed by atoms with Crippen molar-refractivity contribution >= 4 is 16.1 Å². The van der Waals surface area contributed by atoms with Gasteiger partial charge in [-0.25, -0.2) is 17.9 Å². The Morgan fingerprint density at radius 2 is 1.70 bits per heavy atom. The van der Waals surface area contributed by atoms with Gasteiger partial charge >= 0.3 is 6.03 Å². The molecule has 0 aromatic heterocycles. The van der Waals surface area contributed by atoms with Gasteiger partial charge in [0.15, 0.2) is 0 Å². The largest absolute Gasteiger partial charge is 0.393 e. The van der Waals surface area contributed by atoms with Crippen LogP contribution in [0.15, 0.2) is 29.2 Å². The average Bonchev–Trinajstić information content (AvgIpc) is 3.34. The number of rotatable bonds is 9. The van der Waals surface area contributed by atoms with Crippen LogP contribution < -0.4 is 15.8 Å². The predicted octanol–water partition coefficient (Wildman–Crippen LogP) is 6.59. The molecule has 4 saturated carbocycles. The number of carbonyl (C=O) groups excluding carboxylic acids is 1. The molecule has 2 amide bonds. The number of sulfonamides is 1. The Bertz CT molecular complexity index is 1280. The summed E-state index contributed by atoms with van der Waals surface area (Å²) in [6, 6.07) is 5.87. The molecule has 248 valence electrons. The summed E-state index contributed by atoms with van der Waals surface area (Å²) in [6.07, 6.45) is 11.8. The summed E-state index contributed by atoms with van der Waals surface area (Å²) in [5.74, 6) is 3.63. The highest BCUT2D eigenvalue weighted by molar-refractivity contribution is 7.90. The molecule has 7 nitrogen and oxygen atoms in total. The van der Waals surface area contributed by atoms with E-state index in [0.29, 0.717) is 59.9 Å². The highest BCUT2D eigenvalue weighted by Gasteiger charge is 2.64. The van der Waals surface area contributed by atoms with Crippen molar-refractivity contribution in [3.63, 3.8) is 0 Å². The van der Waals surface area contributed by atoms with Crippen LogP contribution in [0.3, 0.4) is 0 Å². The molecule has 5 N–H and O–H groups in total. The topological polar surface area (TPSA) is 122 Å². The van der Waals surface area contributed by atoms with Gasteiger partial charge in [-0.05, 0) is 115 Å².